The molecule has 7 atom stereocenters. The summed E-state index contributed by atoms with van der Waals surface area (Å²) in [6.45, 7) is 16.6. The first kappa shape index (κ1) is 23.6. The molecular weight excluding hydrogens is 408 g/mol. The van der Waals surface area contributed by atoms with Gasteiger partial charge in [-0.1, -0.05) is 60.1 Å². The van der Waals surface area contributed by atoms with Gasteiger partial charge < -0.3 is 5.11 Å². The number of allylic oxidation sites excluding steroid dienone is 1. The number of Topliss-reactive ketones (excluding diaryl/α,β-unsaturated/α-hetero) is 1. The van der Waals surface area contributed by atoms with Gasteiger partial charge in [-0.25, -0.2) is 0 Å². The molecule has 5 rings (SSSR count). The van der Waals surface area contributed by atoms with Crippen LogP contribution in [0, 0.1) is 50.2 Å². The lowest BCUT2D eigenvalue weighted by atomic mass is 9.32. The van der Waals surface area contributed by atoms with E-state index in [-0.39, 0.29) is 27.1 Å². The molecule has 3 heteroatoms. The minimum absolute atomic E-state index is 0.0850. The molecule has 0 radical (unpaired) electrons. The molecule has 0 bridgehead atoms. The number of aliphatic carboxylic acids is 1. The summed E-state index contributed by atoms with van der Waals surface area (Å²) in [6, 6.07) is 0. The van der Waals surface area contributed by atoms with Gasteiger partial charge in [-0.2, -0.15) is 0 Å². The van der Waals surface area contributed by atoms with Crippen molar-refractivity contribution < 1.29 is 14.7 Å². The van der Waals surface area contributed by atoms with Crippen molar-refractivity contribution in [2.24, 2.45) is 50.2 Å². The lowest BCUT2D eigenvalue weighted by Gasteiger charge is -2.71. The summed E-state index contributed by atoms with van der Waals surface area (Å²) in [5, 5.41) is 10.5. The normalized spacial score (nSPS) is 50.2. The highest BCUT2D eigenvalue weighted by molar-refractivity contribution is 5.85. The van der Waals surface area contributed by atoms with Crippen molar-refractivity contribution in [1.82, 2.24) is 0 Å². The van der Waals surface area contributed by atoms with Crippen LogP contribution in [0.5, 0.6) is 0 Å². The fraction of sp³-hybridized carbons (Fsp3) is 0.867. The number of carbonyl (C=O) groups is 2. The van der Waals surface area contributed by atoms with Crippen molar-refractivity contribution in [3.8, 4) is 0 Å². The Balaban J connectivity index is 1.59. The number of carbonyl (C=O) groups excluding carboxylic acids is 1. The molecule has 0 heterocycles. The predicted octanol–water partition coefficient (Wildman–Crippen LogP) is 7.44. The van der Waals surface area contributed by atoms with E-state index in [1.165, 1.54) is 18.4 Å². The van der Waals surface area contributed by atoms with Gasteiger partial charge in [0, 0.05) is 11.8 Å². The van der Waals surface area contributed by atoms with Crippen LogP contribution in [0.1, 0.15) is 113 Å². The number of carboxylic acids is 1. The average Bonchev–Trinajstić information content (AvgIpc) is 2.71. The van der Waals surface area contributed by atoms with Crippen LogP contribution in [-0.4, -0.2) is 16.9 Å². The largest absolute Gasteiger partial charge is 0.481 e. The summed E-state index contributed by atoms with van der Waals surface area (Å²) in [7, 11) is 0. The van der Waals surface area contributed by atoms with Crippen molar-refractivity contribution >= 4 is 11.8 Å². The highest BCUT2D eigenvalue weighted by Gasteiger charge is 2.69. The van der Waals surface area contributed by atoms with Crippen LogP contribution >= 0.6 is 0 Å². The molecule has 0 saturated heterocycles. The molecule has 0 amide bonds. The number of hydrogen-bond donors (Lipinski definition) is 1. The van der Waals surface area contributed by atoms with Gasteiger partial charge in [-0.15, -0.1) is 0 Å². The van der Waals surface area contributed by atoms with Gasteiger partial charge >= 0.3 is 5.97 Å². The second-order valence-corrected chi connectivity index (χ2v) is 14.7. The van der Waals surface area contributed by atoms with Crippen LogP contribution in [0.3, 0.4) is 0 Å². The molecule has 4 saturated carbocycles. The number of rotatable bonds is 1. The SMILES string of the molecule is CC1(C)C=C2[C@H]3CCC4[C@]5(C)CCC(=O)C(C)(C)[C@H]5CC[C@@]4(C)[C@]3(C)CC[C@@]2(C(=O)O)CC1. The maximum Gasteiger partial charge on any atom is 0.313 e. The first-order valence-corrected chi connectivity index (χ1v) is 13.6. The Morgan fingerprint density at radius 3 is 2.15 bits per heavy atom. The van der Waals surface area contributed by atoms with Gasteiger partial charge in [-0.05, 0) is 97.2 Å². The maximum absolute atomic E-state index is 12.9. The summed E-state index contributed by atoms with van der Waals surface area (Å²) < 4.78 is 0. The standard InChI is InChI=1S/C30H46O3/c1-25(2)14-16-30(24(32)33)17-15-28(6)19(20(30)18-25)8-9-22-27(5)12-11-23(31)26(3,4)21(27)10-13-29(22,28)7/h18-19,21-22H,8-17H2,1-7H3,(H,32,33)/t19-,21-,22?,27-,28-,29-,30+/m1/s1. The summed E-state index contributed by atoms with van der Waals surface area (Å²) in [5.74, 6) is 1.35. The second-order valence-electron chi connectivity index (χ2n) is 14.7. The van der Waals surface area contributed by atoms with E-state index in [2.05, 4.69) is 54.5 Å². The minimum Gasteiger partial charge on any atom is -0.481 e. The van der Waals surface area contributed by atoms with Crippen LogP contribution in [0.2, 0.25) is 0 Å². The van der Waals surface area contributed by atoms with E-state index in [4.69, 9.17) is 0 Å². The zero-order chi connectivity index (χ0) is 24.2. The second kappa shape index (κ2) is 6.76. The summed E-state index contributed by atoms with van der Waals surface area (Å²) in [5.41, 5.74) is 1.06. The van der Waals surface area contributed by atoms with Crippen LogP contribution in [-0.2, 0) is 9.59 Å². The molecule has 1 N–H and O–H groups in total. The topological polar surface area (TPSA) is 54.4 Å². The zero-order valence-corrected chi connectivity index (χ0v) is 22.1. The fourth-order valence-corrected chi connectivity index (χ4v) is 10.5. The van der Waals surface area contributed by atoms with E-state index >= 15 is 0 Å². The molecule has 0 spiro atoms. The summed E-state index contributed by atoms with van der Waals surface area (Å²) in [4.78, 5) is 25.6. The highest BCUT2D eigenvalue weighted by atomic mass is 16.4. The molecule has 33 heavy (non-hydrogen) atoms. The van der Waals surface area contributed by atoms with E-state index in [1.54, 1.807) is 0 Å². The molecule has 1 unspecified atom stereocenters. The molecule has 5 aliphatic carbocycles. The molecule has 0 aromatic heterocycles. The third-order valence-corrected chi connectivity index (χ3v) is 12.8. The lowest BCUT2D eigenvalue weighted by molar-refractivity contribution is -0.213. The highest BCUT2D eigenvalue weighted by Crippen LogP contribution is 2.76. The molecule has 4 fully saturated rings. The number of carboxylic acid groups (broad SMARTS) is 1. The number of hydrogen-bond acceptors (Lipinski definition) is 2. The number of fused-ring (bicyclic) bond motifs is 7. The summed E-state index contributed by atoms with van der Waals surface area (Å²) in [6.07, 6.45) is 12.4. The summed E-state index contributed by atoms with van der Waals surface area (Å²) >= 11 is 0. The van der Waals surface area contributed by atoms with Gasteiger partial charge in [-0.3, -0.25) is 9.59 Å². The van der Waals surface area contributed by atoms with Gasteiger partial charge in [0.25, 0.3) is 0 Å². The Labute approximate surface area is 201 Å². The fourth-order valence-electron chi connectivity index (χ4n) is 10.5. The van der Waals surface area contributed by atoms with Gasteiger partial charge in [0.05, 0.1) is 5.41 Å². The van der Waals surface area contributed by atoms with Crippen LogP contribution < -0.4 is 0 Å². The third kappa shape index (κ3) is 2.80. The minimum atomic E-state index is -0.636. The Morgan fingerprint density at radius 1 is 0.818 bits per heavy atom. The molecule has 184 valence electrons. The molecule has 5 aliphatic rings. The van der Waals surface area contributed by atoms with Crippen molar-refractivity contribution in [2.45, 2.75) is 113 Å². The van der Waals surface area contributed by atoms with Crippen molar-refractivity contribution in [3.63, 3.8) is 0 Å². The lowest BCUT2D eigenvalue weighted by Crippen LogP contribution is -2.65. The molecular formula is C30H46O3. The van der Waals surface area contributed by atoms with Gasteiger partial charge in [0.2, 0.25) is 0 Å². The monoisotopic (exact) mass is 454 g/mol. The predicted molar refractivity (Wildman–Crippen MR) is 132 cm³/mol. The quantitative estimate of drug-likeness (QED) is 0.419. The van der Waals surface area contributed by atoms with E-state index in [0.717, 1.165) is 51.4 Å². The first-order valence-electron chi connectivity index (χ1n) is 13.6. The Morgan fingerprint density at radius 2 is 1.48 bits per heavy atom. The van der Waals surface area contributed by atoms with Gasteiger partial charge in [0.15, 0.2) is 0 Å². The first-order chi connectivity index (χ1) is 15.1. The Hall–Kier alpha value is -1.12. The Kier molecular flexibility index (Phi) is 4.83. The molecule has 0 aromatic rings. The average molecular weight is 455 g/mol. The molecule has 0 aliphatic heterocycles. The van der Waals surface area contributed by atoms with E-state index in [0.29, 0.717) is 23.5 Å². The Bertz CT molecular complexity index is 927. The molecule has 3 nitrogen and oxygen atoms in total. The van der Waals surface area contributed by atoms with E-state index < -0.39 is 11.4 Å². The smallest absolute Gasteiger partial charge is 0.313 e. The van der Waals surface area contributed by atoms with E-state index in [9.17, 15) is 14.7 Å². The zero-order valence-electron chi connectivity index (χ0n) is 22.1. The van der Waals surface area contributed by atoms with Crippen LogP contribution in [0.4, 0.5) is 0 Å². The third-order valence-electron chi connectivity index (χ3n) is 12.8. The van der Waals surface area contributed by atoms with Crippen LogP contribution in [0.15, 0.2) is 11.6 Å². The van der Waals surface area contributed by atoms with Crippen molar-refractivity contribution in [2.75, 3.05) is 0 Å². The van der Waals surface area contributed by atoms with Crippen LogP contribution in [0.25, 0.3) is 0 Å². The molecule has 0 aromatic carbocycles. The number of ketones is 1. The maximum atomic E-state index is 12.9. The van der Waals surface area contributed by atoms with Gasteiger partial charge in [0.1, 0.15) is 5.78 Å². The van der Waals surface area contributed by atoms with Crippen molar-refractivity contribution in [3.05, 3.63) is 11.6 Å². The van der Waals surface area contributed by atoms with Crippen molar-refractivity contribution in [1.29, 1.82) is 0 Å². The van der Waals surface area contributed by atoms with E-state index in [1.807, 2.05) is 0 Å².